The average molecular weight is 387 g/mol. The van der Waals surface area contributed by atoms with E-state index < -0.39 is 0 Å². The fourth-order valence-corrected chi connectivity index (χ4v) is 3.45. The predicted octanol–water partition coefficient (Wildman–Crippen LogP) is 2.42. The number of aryl methyl sites for hydroxylation is 1. The lowest BCUT2D eigenvalue weighted by atomic mass is 10.1. The number of piperazine rings is 1. The number of nitrogens with one attached hydrogen (secondary N) is 1. The van der Waals surface area contributed by atoms with E-state index in [-0.39, 0.29) is 11.8 Å². The lowest BCUT2D eigenvalue weighted by Gasteiger charge is -2.33. The van der Waals surface area contributed by atoms with Gasteiger partial charge in [-0.3, -0.25) is 14.5 Å². The van der Waals surface area contributed by atoms with Gasteiger partial charge in [0.15, 0.2) is 5.76 Å². The summed E-state index contributed by atoms with van der Waals surface area (Å²) in [4.78, 5) is 28.8. The van der Waals surface area contributed by atoms with E-state index in [9.17, 15) is 9.59 Å². The molecule has 28 heavy (non-hydrogen) atoms. The summed E-state index contributed by atoms with van der Waals surface area (Å²) in [5.41, 5.74) is 1.51. The first-order chi connectivity index (χ1) is 13.5. The third-order valence-corrected chi connectivity index (χ3v) is 5.22. The Morgan fingerprint density at radius 3 is 2.64 bits per heavy atom. The molecule has 2 heterocycles. The molecule has 7 heteroatoms. The van der Waals surface area contributed by atoms with Gasteiger partial charge in [0.2, 0.25) is 5.91 Å². The van der Waals surface area contributed by atoms with E-state index in [1.165, 1.54) is 0 Å². The SMILES string of the molecule is CCCCNC(=O)CN1CCN(C(=O)c2oc3ccc(OC)cc3c2C)CC1. The van der Waals surface area contributed by atoms with Crippen molar-refractivity contribution < 1.29 is 18.7 Å². The van der Waals surface area contributed by atoms with Crippen LogP contribution in [0.3, 0.4) is 0 Å². The summed E-state index contributed by atoms with van der Waals surface area (Å²) in [7, 11) is 1.62. The van der Waals surface area contributed by atoms with Gasteiger partial charge < -0.3 is 19.4 Å². The number of methoxy groups -OCH3 is 1. The zero-order valence-corrected chi connectivity index (χ0v) is 16.9. The van der Waals surface area contributed by atoms with Gasteiger partial charge in [-0.25, -0.2) is 0 Å². The van der Waals surface area contributed by atoms with Crippen LogP contribution in [0.5, 0.6) is 5.75 Å². The van der Waals surface area contributed by atoms with Crippen molar-refractivity contribution in [1.82, 2.24) is 15.1 Å². The minimum absolute atomic E-state index is 0.0512. The number of hydrogen-bond donors (Lipinski definition) is 1. The first-order valence-electron chi connectivity index (χ1n) is 9.89. The highest BCUT2D eigenvalue weighted by molar-refractivity contribution is 5.99. The van der Waals surface area contributed by atoms with Gasteiger partial charge >= 0.3 is 0 Å². The van der Waals surface area contributed by atoms with Gasteiger partial charge in [0.1, 0.15) is 11.3 Å². The number of unbranched alkanes of at least 4 members (excludes halogenated alkanes) is 1. The predicted molar refractivity (Wildman–Crippen MR) is 108 cm³/mol. The Labute approximate surface area is 165 Å². The number of furan rings is 1. The molecule has 1 fully saturated rings. The maximum absolute atomic E-state index is 13.0. The maximum Gasteiger partial charge on any atom is 0.289 e. The third kappa shape index (κ3) is 4.47. The number of carbonyl (C=O) groups excluding carboxylic acids is 2. The normalized spacial score (nSPS) is 15.0. The van der Waals surface area contributed by atoms with Crippen LogP contribution in [0.25, 0.3) is 11.0 Å². The molecule has 0 atom stereocenters. The van der Waals surface area contributed by atoms with Crippen molar-refractivity contribution in [3.05, 3.63) is 29.5 Å². The summed E-state index contributed by atoms with van der Waals surface area (Å²) in [6, 6.07) is 5.54. The van der Waals surface area contributed by atoms with Crippen LogP contribution in [0.4, 0.5) is 0 Å². The summed E-state index contributed by atoms with van der Waals surface area (Å²) in [6.07, 6.45) is 2.06. The summed E-state index contributed by atoms with van der Waals surface area (Å²) in [6.45, 7) is 7.64. The van der Waals surface area contributed by atoms with Gasteiger partial charge in [-0.2, -0.15) is 0 Å². The summed E-state index contributed by atoms with van der Waals surface area (Å²) in [5, 5.41) is 3.83. The molecule has 0 unspecified atom stereocenters. The Bertz CT molecular complexity index is 838. The van der Waals surface area contributed by atoms with Gasteiger partial charge in [0.25, 0.3) is 5.91 Å². The Balaban J connectivity index is 1.59. The van der Waals surface area contributed by atoms with Gasteiger partial charge in [-0.05, 0) is 31.5 Å². The fourth-order valence-electron chi connectivity index (χ4n) is 3.45. The van der Waals surface area contributed by atoms with E-state index in [0.717, 1.165) is 36.1 Å². The number of ether oxygens (including phenoxy) is 1. The van der Waals surface area contributed by atoms with E-state index >= 15 is 0 Å². The van der Waals surface area contributed by atoms with Gasteiger partial charge in [-0.15, -0.1) is 0 Å². The molecule has 1 N–H and O–H groups in total. The highest BCUT2D eigenvalue weighted by Gasteiger charge is 2.27. The maximum atomic E-state index is 13.0. The molecule has 3 rings (SSSR count). The number of amides is 2. The molecule has 7 nitrogen and oxygen atoms in total. The number of rotatable bonds is 7. The van der Waals surface area contributed by atoms with E-state index in [4.69, 9.17) is 9.15 Å². The number of fused-ring (bicyclic) bond motifs is 1. The fraction of sp³-hybridized carbons (Fsp3) is 0.524. The van der Waals surface area contributed by atoms with Crippen molar-refractivity contribution in [2.24, 2.45) is 0 Å². The molecule has 1 saturated heterocycles. The first-order valence-corrected chi connectivity index (χ1v) is 9.89. The second-order valence-corrected chi connectivity index (χ2v) is 7.19. The molecule has 2 aromatic rings. The van der Waals surface area contributed by atoms with Crippen LogP contribution < -0.4 is 10.1 Å². The van der Waals surface area contributed by atoms with Gasteiger partial charge in [0, 0.05) is 43.7 Å². The van der Waals surface area contributed by atoms with Crippen LogP contribution in [-0.4, -0.2) is 68.0 Å². The van der Waals surface area contributed by atoms with Crippen LogP contribution in [-0.2, 0) is 4.79 Å². The Hall–Kier alpha value is -2.54. The smallest absolute Gasteiger partial charge is 0.289 e. The topological polar surface area (TPSA) is 75.0 Å². The molecule has 1 aromatic heterocycles. The van der Waals surface area contributed by atoms with Gasteiger partial charge in [-0.1, -0.05) is 13.3 Å². The molecule has 2 amide bonds. The van der Waals surface area contributed by atoms with E-state index in [2.05, 4.69) is 17.1 Å². The molecule has 0 radical (unpaired) electrons. The van der Waals surface area contributed by atoms with Crippen molar-refractivity contribution in [2.75, 3.05) is 46.4 Å². The standard InChI is InChI=1S/C21H29N3O4/c1-4-5-8-22-19(25)14-23-9-11-24(12-10-23)21(26)20-15(2)17-13-16(27-3)6-7-18(17)28-20/h6-7,13H,4-5,8-12,14H2,1-3H3,(H,22,25). The van der Waals surface area contributed by atoms with Crippen LogP contribution in [0.15, 0.2) is 22.6 Å². The summed E-state index contributed by atoms with van der Waals surface area (Å²) < 4.78 is 11.1. The van der Waals surface area contributed by atoms with E-state index in [1.807, 2.05) is 25.1 Å². The minimum Gasteiger partial charge on any atom is -0.497 e. The highest BCUT2D eigenvalue weighted by Crippen LogP contribution is 2.29. The molecule has 1 aliphatic rings. The Kier molecular flexibility index (Phi) is 6.57. The van der Waals surface area contributed by atoms with E-state index in [0.29, 0.717) is 44.1 Å². The van der Waals surface area contributed by atoms with Crippen LogP contribution in [0.2, 0.25) is 0 Å². The molecule has 1 aliphatic heterocycles. The van der Waals surface area contributed by atoms with Crippen molar-refractivity contribution in [1.29, 1.82) is 0 Å². The van der Waals surface area contributed by atoms with Crippen molar-refractivity contribution >= 4 is 22.8 Å². The minimum atomic E-state index is -0.0975. The lowest BCUT2D eigenvalue weighted by Crippen LogP contribution is -2.51. The number of benzene rings is 1. The Morgan fingerprint density at radius 2 is 1.96 bits per heavy atom. The number of hydrogen-bond acceptors (Lipinski definition) is 5. The second-order valence-electron chi connectivity index (χ2n) is 7.19. The van der Waals surface area contributed by atoms with Crippen LogP contribution >= 0.6 is 0 Å². The zero-order valence-electron chi connectivity index (χ0n) is 16.9. The first kappa shape index (κ1) is 20.2. The van der Waals surface area contributed by atoms with Crippen molar-refractivity contribution in [2.45, 2.75) is 26.7 Å². The monoisotopic (exact) mass is 387 g/mol. The molecule has 0 aliphatic carbocycles. The molecule has 0 bridgehead atoms. The van der Waals surface area contributed by atoms with Crippen molar-refractivity contribution in [3.63, 3.8) is 0 Å². The third-order valence-electron chi connectivity index (χ3n) is 5.22. The summed E-state index contributed by atoms with van der Waals surface area (Å²) in [5.74, 6) is 1.07. The number of nitrogens with zero attached hydrogens (tertiary/aromatic N) is 2. The summed E-state index contributed by atoms with van der Waals surface area (Å²) >= 11 is 0. The molecule has 0 spiro atoms. The van der Waals surface area contributed by atoms with Gasteiger partial charge in [0.05, 0.1) is 13.7 Å². The highest BCUT2D eigenvalue weighted by atomic mass is 16.5. The quantitative estimate of drug-likeness (QED) is 0.739. The lowest BCUT2D eigenvalue weighted by molar-refractivity contribution is -0.122. The molecular formula is C21H29N3O4. The largest absolute Gasteiger partial charge is 0.497 e. The van der Waals surface area contributed by atoms with E-state index in [1.54, 1.807) is 12.0 Å². The average Bonchev–Trinajstić information content (AvgIpc) is 3.04. The van der Waals surface area contributed by atoms with Crippen LogP contribution in [0.1, 0.15) is 35.9 Å². The Morgan fingerprint density at radius 1 is 1.21 bits per heavy atom. The van der Waals surface area contributed by atoms with Crippen molar-refractivity contribution in [3.8, 4) is 5.75 Å². The number of carbonyl (C=O) groups is 2. The molecular weight excluding hydrogens is 358 g/mol. The van der Waals surface area contributed by atoms with Crippen LogP contribution in [0, 0.1) is 6.92 Å². The zero-order chi connectivity index (χ0) is 20.1. The molecule has 1 aromatic carbocycles. The second kappa shape index (κ2) is 9.10. The molecule has 152 valence electrons. The molecule has 0 saturated carbocycles.